The monoisotopic (exact) mass is 348 g/mol. The van der Waals surface area contributed by atoms with Gasteiger partial charge in [-0.05, 0) is 38.5 Å². The molecular formula is C15H32N4O3S. The van der Waals surface area contributed by atoms with Crippen LogP contribution in [0.2, 0.25) is 0 Å². The summed E-state index contributed by atoms with van der Waals surface area (Å²) in [6.45, 7) is 6.64. The van der Waals surface area contributed by atoms with Gasteiger partial charge >= 0.3 is 0 Å². The fraction of sp³-hybridized carbons (Fsp3) is 0.933. The molecule has 0 aromatic carbocycles. The zero-order valence-corrected chi connectivity index (χ0v) is 15.5. The summed E-state index contributed by atoms with van der Waals surface area (Å²) in [6, 6.07) is 0. The maximum absolute atomic E-state index is 11.0. The van der Waals surface area contributed by atoms with Crippen molar-refractivity contribution in [1.29, 1.82) is 0 Å². The number of aliphatic imine (C=N–C) groups is 1. The topological polar surface area (TPSA) is 83.0 Å². The zero-order valence-electron chi connectivity index (χ0n) is 14.7. The number of hydrogen-bond acceptors (Lipinski definition) is 4. The Hall–Kier alpha value is -0.860. The molecule has 23 heavy (non-hydrogen) atoms. The molecule has 0 bridgehead atoms. The van der Waals surface area contributed by atoms with Gasteiger partial charge in [0.1, 0.15) is 0 Å². The Morgan fingerprint density at radius 2 is 2.04 bits per heavy atom. The first kappa shape index (κ1) is 20.2. The molecule has 0 aromatic rings. The van der Waals surface area contributed by atoms with E-state index in [9.17, 15) is 8.42 Å². The van der Waals surface area contributed by atoms with E-state index in [2.05, 4.69) is 27.0 Å². The molecule has 1 heterocycles. The number of nitrogens with zero attached hydrogens (tertiary/aromatic N) is 2. The van der Waals surface area contributed by atoms with Gasteiger partial charge < -0.3 is 15.0 Å². The van der Waals surface area contributed by atoms with Crippen LogP contribution in [0.5, 0.6) is 0 Å². The third-order valence-electron chi connectivity index (χ3n) is 3.87. The molecule has 0 atom stereocenters. The van der Waals surface area contributed by atoms with Crippen molar-refractivity contribution in [3.05, 3.63) is 0 Å². The van der Waals surface area contributed by atoms with Crippen LogP contribution in [0.1, 0.15) is 32.6 Å². The summed E-state index contributed by atoms with van der Waals surface area (Å²) in [7, 11) is -1.06. The number of hydrogen-bond donors (Lipinski definition) is 2. The Bertz CT molecular complexity index is 448. The molecular weight excluding hydrogens is 316 g/mol. The molecule has 0 aliphatic carbocycles. The maximum Gasteiger partial charge on any atom is 0.208 e. The van der Waals surface area contributed by atoms with E-state index in [4.69, 9.17) is 4.74 Å². The third-order valence-corrected chi connectivity index (χ3v) is 4.60. The van der Waals surface area contributed by atoms with Gasteiger partial charge in [-0.1, -0.05) is 0 Å². The van der Waals surface area contributed by atoms with E-state index < -0.39 is 10.0 Å². The number of ether oxygens (including phenoxy) is 1. The fourth-order valence-electron chi connectivity index (χ4n) is 2.51. The molecule has 8 heteroatoms. The molecule has 1 saturated heterocycles. The van der Waals surface area contributed by atoms with Crippen molar-refractivity contribution in [3.63, 3.8) is 0 Å². The smallest absolute Gasteiger partial charge is 0.208 e. The van der Waals surface area contributed by atoms with Crippen molar-refractivity contribution in [2.24, 2.45) is 10.9 Å². The van der Waals surface area contributed by atoms with Gasteiger partial charge in [-0.15, -0.1) is 0 Å². The van der Waals surface area contributed by atoms with Gasteiger partial charge in [0.25, 0.3) is 0 Å². The molecule has 0 amide bonds. The maximum atomic E-state index is 11.0. The standard InChI is InChI=1S/C15H32N4O3S/c1-4-16-15(17-9-5-10-18-23(3,20)21)19(2)11-6-14-7-12-22-13-8-14/h14,18H,4-13H2,1-3H3,(H,16,17). The highest BCUT2D eigenvalue weighted by atomic mass is 32.2. The molecule has 136 valence electrons. The molecule has 1 aliphatic rings. The van der Waals surface area contributed by atoms with Crippen LogP contribution in [-0.4, -0.2) is 72.0 Å². The second-order valence-corrected chi connectivity index (χ2v) is 7.85. The lowest BCUT2D eigenvalue weighted by Crippen LogP contribution is -2.40. The molecule has 1 aliphatic heterocycles. The van der Waals surface area contributed by atoms with Gasteiger partial charge in [-0.2, -0.15) is 0 Å². The lowest BCUT2D eigenvalue weighted by molar-refractivity contribution is 0.0625. The molecule has 0 saturated carbocycles. The van der Waals surface area contributed by atoms with E-state index in [1.165, 1.54) is 6.26 Å². The van der Waals surface area contributed by atoms with Crippen LogP contribution in [0, 0.1) is 5.92 Å². The van der Waals surface area contributed by atoms with Gasteiger partial charge in [0.2, 0.25) is 10.0 Å². The van der Waals surface area contributed by atoms with E-state index in [-0.39, 0.29) is 0 Å². The van der Waals surface area contributed by atoms with Gasteiger partial charge in [0, 0.05) is 46.4 Å². The number of sulfonamides is 1. The second-order valence-electron chi connectivity index (χ2n) is 6.02. The molecule has 0 aromatic heterocycles. The van der Waals surface area contributed by atoms with Crippen molar-refractivity contribution in [3.8, 4) is 0 Å². The van der Waals surface area contributed by atoms with Crippen LogP contribution in [0.4, 0.5) is 0 Å². The zero-order chi connectivity index (χ0) is 17.1. The summed E-state index contributed by atoms with van der Waals surface area (Å²) >= 11 is 0. The lowest BCUT2D eigenvalue weighted by Gasteiger charge is -2.26. The molecule has 0 radical (unpaired) electrons. The minimum absolute atomic E-state index is 0.424. The predicted octanol–water partition coefficient (Wildman–Crippen LogP) is 0.640. The van der Waals surface area contributed by atoms with Gasteiger partial charge in [0.15, 0.2) is 5.96 Å². The summed E-state index contributed by atoms with van der Waals surface area (Å²) in [4.78, 5) is 6.72. The van der Waals surface area contributed by atoms with Crippen molar-refractivity contribution >= 4 is 16.0 Å². The second kappa shape index (κ2) is 10.8. The Kier molecular flexibility index (Phi) is 9.50. The van der Waals surface area contributed by atoms with Crippen LogP contribution in [-0.2, 0) is 14.8 Å². The number of nitrogens with one attached hydrogen (secondary N) is 2. The van der Waals surface area contributed by atoms with Crippen molar-refractivity contribution in [2.75, 3.05) is 52.7 Å². The third kappa shape index (κ3) is 9.78. The van der Waals surface area contributed by atoms with Crippen LogP contribution in [0.15, 0.2) is 4.99 Å². The fourth-order valence-corrected chi connectivity index (χ4v) is 3.02. The van der Waals surface area contributed by atoms with E-state index in [1.54, 1.807) is 0 Å². The first-order chi connectivity index (χ1) is 10.9. The summed E-state index contributed by atoms with van der Waals surface area (Å²) < 4.78 is 29.9. The highest BCUT2D eigenvalue weighted by Crippen LogP contribution is 2.18. The Labute approximate surface area is 140 Å². The molecule has 7 nitrogen and oxygen atoms in total. The first-order valence-corrected chi connectivity index (χ1v) is 10.3. The summed E-state index contributed by atoms with van der Waals surface area (Å²) in [6.07, 6.45) is 5.32. The molecule has 1 rings (SSSR count). The number of guanidine groups is 1. The van der Waals surface area contributed by atoms with E-state index in [0.29, 0.717) is 19.5 Å². The van der Waals surface area contributed by atoms with E-state index in [0.717, 1.165) is 57.4 Å². The normalized spacial score (nSPS) is 17.3. The lowest BCUT2D eigenvalue weighted by atomic mass is 9.96. The highest BCUT2D eigenvalue weighted by Gasteiger charge is 2.15. The molecule has 1 fully saturated rings. The minimum Gasteiger partial charge on any atom is -0.381 e. The predicted molar refractivity (Wildman–Crippen MR) is 94.2 cm³/mol. The Morgan fingerprint density at radius 1 is 1.35 bits per heavy atom. The average molecular weight is 349 g/mol. The average Bonchev–Trinajstić information content (AvgIpc) is 2.51. The number of rotatable bonds is 9. The van der Waals surface area contributed by atoms with Gasteiger partial charge in [0.05, 0.1) is 6.26 Å². The minimum atomic E-state index is -3.11. The van der Waals surface area contributed by atoms with Crippen LogP contribution >= 0.6 is 0 Å². The Morgan fingerprint density at radius 3 is 2.65 bits per heavy atom. The van der Waals surface area contributed by atoms with E-state index in [1.807, 2.05) is 6.92 Å². The van der Waals surface area contributed by atoms with Crippen molar-refractivity contribution in [1.82, 2.24) is 14.9 Å². The quantitative estimate of drug-likeness (QED) is 0.363. The van der Waals surface area contributed by atoms with E-state index >= 15 is 0 Å². The largest absolute Gasteiger partial charge is 0.381 e. The van der Waals surface area contributed by atoms with Crippen molar-refractivity contribution in [2.45, 2.75) is 32.6 Å². The summed E-state index contributed by atoms with van der Waals surface area (Å²) in [5.41, 5.74) is 0. The van der Waals surface area contributed by atoms with Gasteiger partial charge in [-0.25, -0.2) is 13.1 Å². The van der Waals surface area contributed by atoms with Crippen molar-refractivity contribution < 1.29 is 13.2 Å². The molecule has 0 unspecified atom stereocenters. The Balaban J connectivity index is 2.33. The van der Waals surface area contributed by atoms with Crippen LogP contribution in [0.25, 0.3) is 0 Å². The van der Waals surface area contributed by atoms with Crippen LogP contribution < -0.4 is 10.0 Å². The summed E-state index contributed by atoms with van der Waals surface area (Å²) in [5.74, 6) is 1.63. The highest BCUT2D eigenvalue weighted by molar-refractivity contribution is 7.88. The summed E-state index contributed by atoms with van der Waals surface area (Å²) in [5, 5.41) is 3.29. The van der Waals surface area contributed by atoms with Crippen LogP contribution in [0.3, 0.4) is 0 Å². The SMILES string of the molecule is CCNC(=NCCCNS(C)(=O)=O)N(C)CCC1CCOCC1. The molecule has 0 spiro atoms. The first-order valence-electron chi connectivity index (χ1n) is 8.44. The van der Waals surface area contributed by atoms with Gasteiger partial charge in [-0.3, -0.25) is 4.99 Å². The molecule has 2 N–H and O–H groups in total.